The average molecular weight is 203 g/mol. The fraction of sp³-hybridized carbons (Fsp3) is 0.462. The number of nitrogens with one attached hydrogen (secondary N) is 1. The highest BCUT2D eigenvalue weighted by atomic mass is 16.1. The molecule has 0 unspecified atom stereocenters. The smallest absolute Gasteiger partial charge is 0.251 e. The summed E-state index contributed by atoms with van der Waals surface area (Å²) in [5, 5.41) is 2.96. The predicted octanol–water partition coefficient (Wildman–Crippen LogP) is 2.61. The third kappa shape index (κ3) is 2.82. The molecule has 1 amide bonds. The molecular formula is C13H17NO. The van der Waals surface area contributed by atoms with Gasteiger partial charge in [-0.25, -0.2) is 0 Å². The lowest BCUT2D eigenvalue weighted by Crippen LogP contribution is -2.27. The molecule has 2 nitrogen and oxygen atoms in total. The van der Waals surface area contributed by atoms with Crippen LogP contribution in [0.3, 0.4) is 0 Å². The Morgan fingerprint density at radius 3 is 2.60 bits per heavy atom. The van der Waals surface area contributed by atoms with Gasteiger partial charge in [0.1, 0.15) is 0 Å². The maximum absolute atomic E-state index is 11.6. The molecule has 1 aliphatic carbocycles. The second kappa shape index (κ2) is 4.96. The van der Waals surface area contributed by atoms with Gasteiger partial charge in [-0.05, 0) is 24.5 Å². The van der Waals surface area contributed by atoms with Gasteiger partial charge < -0.3 is 5.32 Å². The summed E-state index contributed by atoms with van der Waals surface area (Å²) < 4.78 is 0. The van der Waals surface area contributed by atoms with E-state index in [0.29, 0.717) is 0 Å². The number of hydrogen-bond donors (Lipinski definition) is 1. The Morgan fingerprint density at radius 2 is 2.00 bits per heavy atom. The minimum atomic E-state index is 0.0509. The normalized spacial score (nSPS) is 15.7. The van der Waals surface area contributed by atoms with Gasteiger partial charge in [-0.2, -0.15) is 0 Å². The quantitative estimate of drug-likeness (QED) is 0.800. The standard InChI is InChI=1S/C13H17NO/c15-13(12-7-2-1-3-8-12)14-10-9-11-5-4-6-11/h1-3,7-8,11H,4-6,9-10H2,(H,14,15). The van der Waals surface area contributed by atoms with E-state index in [9.17, 15) is 4.79 Å². The van der Waals surface area contributed by atoms with Crippen LogP contribution in [0.15, 0.2) is 30.3 Å². The summed E-state index contributed by atoms with van der Waals surface area (Å²) in [5.41, 5.74) is 0.756. The number of benzene rings is 1. The molecule has 0 atom stereocenters. The maximum Gasteiger partial charge on any atom is 0.251 e. The Kier molecular flexibility index (Phi) is 3.38. The van der Waals surface area contributed by atoms with Crippen LogP contribution in [0, 0.1) is 5.92 Å². The fourth-order valence-corrected chi connectivity index (χ4v) is 1.86. The van der Waals surface area contributed by atoms with Gasteiger partial charge >= 0.3 is 0 Å². The molecule has 1 N–H and O–H groups in total. The Labute approximate surface area is 90.7 Å². The van der Waals surface area contributed by atoms with Gasteiger partial charge in [0.2, 0.25) is 0 Å². The highest BCUT2D eigenvalue weighted by molar-refractivity contribution is 5.94. The van der Waals surface area contributed by atoms with Gasteiger partial charge in [0.05, 0.1) is 0 Å². The second-order valence-electron chi connectivity index (χ2n) is 4.21. The molecule has 80 valence electrons. The largest absolute Gasteiger partial charge is 0.352 e. The molecular weight excluding hydrogens is 186 g/mol. The van der Waals surface area contributed by atoms with Crippen LogP contribution in [0.5, 0.6) is 0 Å². The Bertz CT molecular complexity index is 317. The first-order chi connectivity index (χ1) is 7.36. The van der Waals surface area contributed by atoms with E-state index in [1.807, 2.05) is 30.3 Å². The summed E-state index contributed by atoms with van der Waals surface area (Å²) in [6, 6.07) is 9.39. The van der Waals surface area contributed by atoms with Crippen LogP contribution in [0.2, 0.25) is 0 Å². The molecule has 1 aromatic carbocycles. The Balaban J connectivity index is 1.72. The molecule has 1 aliphatic rings. The molecule has 15 heavy (non-hydrogen) atoms. The summed E-state index contributed by atoms with van der Waals surface area (Å²) in [6.45, 7) is 0.818. The lowest BCUT2D eigenvalue weighted by molar-refractivity contribution is 0.0949. The lowest BCUT2D eigenvalue weighted by Gasteiger charge is -2.25. The lowest BCUT2D eigenvalue weighted by atomic mass is 9.83. The van der Waals surface area contributed by atoms with E-state index in [-0.39, 0.29) is 5.91 Å². The summed E-state index contributed by atoms with van der Waals surface area (Å²) in [7, 11) is 0. The van der Waals surface area contributed by atoms with E-state index in [2.05, 4.69) is 5.32 Å². The van der Waals surface area contributed by atoms with Crippen molar-refractivity contribution >= 4 is 5.91 Å². The fourth-order valence-electron chi connectivity index (χ4n) is 1.86. The van der Waals surface area contributed by atoms with Crippen LogP contribution in [-0.2, 0) is 0 Å². The van der Waals surface area contributed by atoms with Gasteiger partial charge in [-0.15, -0.1) is 0 Å². The summed E-state index contributed by atoms with van der Waals surface area (Å²) in [6.07, 6.45) is 5.21. The molecule has 0 bridgehead atoms. The molecule has 0 radical (unpaired) electrons. The van der Waals surface area contributed by atoms with Crippen LogP contribution in [0.4, 0.5) is 0 Å². The van der Waals surface area contributed by atoms with E-state index >= 15 is 0 Å². The summed E-state index contributed by atoms with van der Waals surface area (Å²) >= 11 is 0. The number of carbonyl (C=O) groups is 1. The average Bonchev–Trinajstić information content (AvgIpc) is 2.23. The molecule has 0 saturated heterocycles. The van der Waals surface area contributed by atoms with Crippen molar-refractivity contribution in [1.29, 1.82) is 0 Å². The zero-order valence-electron chi connectivity index (χ0n) is 8.91. The molecule has 1 fully saturated rings. The third-order valence-corrected chi connectivity index (χ3v) is 3.10. The van der Waals surface area contributed by atoms with Crippen molar-refractivity contribution in [2.24, 2.45) is 5.92 Å². The Morgan fingerprint density at radius 1 is 1.27 bits per heavy atom. The minimum absolute atomic E-state index is 0.0509. The number of rotatable bonds is 4. The highest BCUT2D eigenvalue weighted by Gasteiger charge is 2.16. The van der Waals surface area contributed by atoms with Crippen LogP contribution in [0.1, 0.15) is 36.0 Å². The van der Waals surface area contributed by atoms with Crippen LogP contribution in [-0.4, -0.2) is 12.5 Å². The maximum atomic E-state index is 11.6. The topological polar surface area (TPSA) is 29.1 Å². The van der Waals surface area contributed by atoms with Crippen LogP contribution in [0.25, 0.3) is 0 Å². The van der Waals surface area contributed by atoms with E-state index in [4.69, 9.17) is 0 Å². The summed E-state index contributed by atoms with van der Waals surface area (Å²) in [4.78, 5) is 11.6. The zero-order valence-corrected chi connectivity index (χ0v) is 8.91. The van der Waals surface area contributed by atoms with Crippen molar-refractivity contribution in [2.45, 2.75) is 25.7 Å². The van der Waals surface area contributed by atoms with Crippen molar-refractivity contribution in [3.8, 4) is 0 Å². The zero-order chi connectivity index (χ0) is 10.5. The second-order valence-corrected chi connectivity index (χ2v) is 4.21. The van der Waals surface area contributed by atoms with E-state index in [1.165, 1.54) is 19.3 Å². The predicted molar refractivity (Wildman–Crippen MR) is 60.7 cm³/mol. The monoisotopic (exact) mass is 203 g/mol. The SMILES string of the molecule is O=C(NCCC1CCC1)c1ccccc1. The van der Waals surface area contributed by atoms with E-state index in [0.717, 1.165) is 24.4 Å². The number of carbonyl (C=O) groups excluding carboxylic acids is 1. The molecule has 2 heteroatoms. The number of hydrogen-bond acceptors (Lipinski definition) is 1. The van der Waals surface area contributed by atoms with Gasteiger partial charge in [0.15, 0.2) is 0 Å². The molecule has 1 aromatic rings. The van der Waals surface area contributed by atoms with Crippen molar-refractivity contribution < 1.29 is 4.79 Å². The Hall–Kier alpha value is -1.31. The number of amides is 1. The van der Waals surface area contributed by atoms with Crippen molar-refractivity contribution in [3.63, 3.8) is 0 Å². The molecule has 0 aliphatic heterocycles. The van der Waals surface area contributed by atoms with E-state index in [1.54, 1.807) is 0 Å². The molecule has 0 spiro atoms. The van der Waals surface area contributed by atoms with Crippen molar-refractivity contribution in [1.82, 2.24) is 5.32 Å². The first kappa shape index (κ1) is 10.2. The molecule has 0 aromatic heterocycles. The first-order valence-corrected chi connectivity index (χ1v) is 5.69. The van der Waals surface area contributed by atoms with Gasteiger partial charge in [-0.3, -0.25) is 4.79 Å². The van der Waals surface area contributed by atoms with E-state index < -0.39 is 0 Å². The van der Waals surface area contributed by atoms with Crippen LogP contribution >= 0.6 is 0 Å². The first-order valence-electron chi connectivity index (χ1n) is 5.69. The molecule has 1 saturated carbocycles. The minimum Gasteiger partial charge on any atom is -0.352 e. The van der Waals surface area contributed by atoms with Gasteiger partial charge in [0, 0.05) is 12.1 Å². The third-order valence-electron chi connectivity index (χ3n) is 3.10. The van der Waals surface area contributed by atoms with Crippen LogP contribution < -0.4 is 5.32 Å². The summed E-state index contributed by atoms with van der Waals surface area (Å²) in [5.74, 6) is 0.913. The van der Waals surface area contributed by atoms with Gasteiger partial charge in [-0.1, -0.05) is 37.5 Å². The molecule has 2 rings (SSSR count). The molecule has 0 heterocycles. The van der Waals surface area contributed by atoms with Gasteiger partial charge in [0.25, 0.3) is 5.91 Å². The highest BCUT2D eigenvalue weighted by Crippen LogP contribution is 2.28. The van der Waals surface area contributed by atoms with Crippen molar-refractivity contribution in [2.75, 3.05) is 6.54 Å². The van der Waals surface area contributed by atoms with Crippen molar-refractivity contribution in [3.05, 3.63) is 35.9 Å².